The van der Waals surface area contributed by atoms with Crippen molar-refractivity contribution >= 4 is 11.9 Å². The van der Waals surface area contributed by atoms with Crippen LogP contribution in [0.1, 0.15) is 51.0 Å². The third-order valence-corrected chi connectivity index (χ3v) is 5.43. The molecule has 3 rings (SSSR count). The lowest BCUT2D eigenvalue weighted by atomic mass is 9.97. The van der Waals surface area contributed by atoms with Gasteiger partial charge in [0.05, 0.1) is 5.92 Å². The van der Waals surface area contributed by atoms with E-state index in [0.717, 1.165) is 49.4 Å². The van der Waals surface area contributed by atoms with Crippen molar-refractivity contribution in [3.8, 4) is 11.1 Å². The number of benzene rings is 1. The van der Waals surface area contributed by atoms with E-state index in [2.05, 4.69) is 58.3 Å². The topological polar surface area (TPSA) is 58.1 Å². The molecule has 0 saturated carbocycles. The molecule has 0 unspecified atom stereocenters. The Balaban J connectivity index is 1.55. The number of anilines is 1. The lowest BCUT2D eigenvalue weighted by molar-refractivity contribution is -0.125. The fraction of sp³-hybridized carbons (Fsp3) is 0.522. The van der Waals surface area contributed by atoms with Crippen molar-refractivity contribution in [1.82, 2.24) is 15.3 Å². The highest BCUT2D eigenvalue weighted by Crippen LogP contribution is 2.23. The van der Waals surface area contributed by atoms with Gasteiger partial charge in [-0.3, -0.25) is 4.79 Å². The Morgan fingerprint density at radius 1 is 1.11 bits per heavy atom. The Morgan fingerprint density at radius 2 is 1.86 bits per heavy atom. The lowest BCUT2D eigenvalue weighted by Gasteiger charge is -2.32. The minimum Gasteiger partial charge on any atom is -0.356 e. The van der Waals surface area contributed by atoms with Crippen LogP contribution in [0.2, 0.25) is 0 Å². The highest BCUT2D eigenvalue weighted by Gasteiger charge is 2.26. The first kappa shape index (κ1) is 20.3. The van der Waals surface area contributed by atoms with Crippen LogP contribution in [0.5, 0.6) is 0 Å². The third-order valence-electron chi connectivity index (χ3n) is 5.43. The van der Waals surface area contributed by atoms with E-state index >= 15 is 0 Å². The average Bonchev–Trinajstić information content (AvgIpc) is 2.74. The van der Waals surface area contributed by atoms with Crippen molar-refractivity contribution in [2.24, 2.45) is 5.92 Å². The Morgan fingerprint density at radius 3 is 2.57 bits per heavy atom. The fourth-order valence-corrected chi connectivity index (χ4v) is 3.66. The zero-order valence-electron chi connectivity index (χ0n) is 17.2. The molecule has 2 heterocycles. The summed E-state index contributed by atoms with van der Waals surface area (Å²) in [4.78, 5) is 23.8. The molecular weight excluding hydrogens is 348 g/mol. The van der Waals surface area contributed by atoms with E-state index < -0.39 is 0 Å². The monoisotopic (exact) mass is 380 g/mol. The van der Waals surface area contributed by atoms with Crippen LogP contribution in [0.25, 0.3) is 11.1 Å². The summed E-state index contributed by atoms with van der Waals surface area (Å²) in [5.41, 5.74) is 3.38. The minimum atomic E-state index is 0.0281. The van der Waals surface area contributed by atoms with Crippen LogP contribution in [0.3, 0.4) is 0 Å². The van der Waals surface area contributed by atoms with E-state index in [9.17, 15) is 4.79 Å². The summed E-state index contributed by atoms with van der Waals surface area (Å²) in [6, 6.07) is 8.38. The summed E-state index contributed by atoms with van der Waals surface area (Å²) < 4.78 is 0. The predicted molar refractivity (Wildman–Crippen MR) is 114 cm³/mol. The molecule has 1 amide bonds. The van der Waals surface area contributed by atoms with Gasteiger partial charge in [0, 0.05) is 37.6 Å². The molecule has 0 bridgehead atoms. The maximum atomic E-state index is 12.5. The van der Waals surface area contributed by atoms with E-state index in [0.29, 0.717) is 6.54 Å². The van der Waals surface area contributed by atoms with Crippen LogP contribution in [0.4, 0.5) is 5.95 Å². The Hall–Kier alpha value is -2.43. The molecule has 1 aromatic heterocycles. The normalized spacial score (nSPS) is 16.8. The van der Waals surface area contributed by atoms with Crippen molar-refractivity contribution in [2.75, 3.05) is 24.5 Å². The van der Waals surface area contributed by atoms with Crippen LogP contribution in [0.15, 0.2) is 36.7 Å². The van der Waals surface area contributed by atoms with Gasteiger partial charge in [-0.1, -0.05) is 56.0 Å². The van der Waals surface area contributed by atoms with E-state index in [1.54, 1.807) is 0 Å². The molecule has 1 N–H and O–H groups in total. The van der Waals surface area contributed by atoms with Crippen molar-refractivity contribution in [1.29, 1.82) is 0 Å². The molecule has 1 fully saturated rings. The number of hydrogen-bond acceptors (Lipinski definition) is 4. The van der Waals surface area contributed by atoms with Gasteiger partial charge in [0.15, 0.2) is 0 Å². The van der Waals surface area contributed by atoms with Crippen LogP contribution in [-0.4, -0.2) is 35.5 Å². The second-order valence-corrected chi connectivity index (χ2v) is 7.77. The number of carbonyl (C=O) groups is 1. The minimum absolute atomic E-state index is 0.0281. The van der Waals surface area contributed by atoms with Crippen LogP contribution < -0.4 is 10.2 Å². The van der Waals surface area contributed by atoms with Crippen molar-refractivity contribution in [2.45, 2.75) is 52.4 Å². The predicted octanol–water partition coefficient (Wildman–Crippen LogP) is 4.36. The molecule has 2 aromatic rings. The van der Waals surface area contributed by atoms with Crippen LogP contribution in [-0.2, 0) is 4.79 Å². The SMILES string of the molecule is CCCCCCNC(=O)[C@H]1CCCN(c2ncc(-c3ccc(C)cc3)cn2)C1. The highest BCUT2D eigenvalue weighted by atomic mass is 16.1. The van der Waals surface area contributed by atoms with Crippen molar-refractivity contribution < 1.29 is 4.79 Å². The summed E-state index contributed by atoms with van der Waals surface area (Å²) in [6.45, 7) is 6.67. The number of rotatable bonds is 8. The zero-order valence-corrected chi connectivity index (χ0v) is 17.2. The second-order valence-electron chi connectivity index (χ2n) is 7.77. The number of nitrogens with one attached hydrogen (secondary N) is 1. The number of carbonyl (C=O) groups excluding carboxylic acids is 1. The second kappa shape index (κ2) is 10.2. The first-order chi connectivity index (χ1) is 13.7. The maximum absolute atomic E-state index is 12.5. The maximum Gasteiger partial charge on any atom is 0.225 e. The Kier molecular flexibility index (Phi) is 7.40. The number of hydrogen-bond donors (Lipinski definition) is 1. The van der Waals surface area contributed by atoms with Gasteiger partial charge in [0.25, 0.3) is 0 Å². The van der Waals surface area contributed by atoms with E-state index in [1.807, 2.05) is 12.4 Å². The molecule has 1 atom stereocenters. The number of amides is 1. The van der Waals surface area contributed by atoms with Gasteiger partial charge in [-0.05, 0) is 31.7 Å². The lowest BCUT2D eigenvalue weighted by Crippen LogP contribution is -2.43. The fourth-order valence-electron chi connectivity index (χ4n) is 3.66. The van der Waals surface area contributed by atoms with Gasteiger partial charge in [0.1, 0.15) is 0 Å². The molecule has 0 radical (unpaired) electrons. The molecule has 0 aliphatic carbocycles. The zero-order chi connectivity index (χ0) is 19.8. The number of aryl methyl sites for hydroxylation is 1. The van der Waals surface area contributed by atoms with Crippen molar-refractivity contribution in [3.63, 3.8) is 0 Å². The summed E-state index contributed by atoms with van der Waals surface area (Å²) in [6.07, 6.45) is 10.4. The number of aromatic nitrogens is 2. The summed E-state index contributed by atoms with van der Waals surface area (Å²) in [7, 11) is 0. The molecule has 0 spiro atoms. The summed E-state index contributed by atoms with van der Waals surface area (Å²) >= 11 is 0. The first-order valence-corrected chi connectivity index (χ1v) is 10.6. The van der Waals surface area contributed by atoms with Gasteiger partial charge in [-0.25, -0.2) is 9.97 Å². The van der Waals surface area contributed by atoms with Gasteiger partial charge in [-0.2, -0.15) is 0 Å². The number of unbranched alkanes of at least 4 members (excludes halogenated alkanes) is 3. The van der Waals surface area contributed by atoms with Gasteiger partial charge in [0.2, 0.25) is 11.9 Å². The number of nitrogens with zero attached hydrogens (tertiary/aromatic N) is 3. The van der Waals surface area contributed by atoms with Gasteiger partial charge < -0.3 is 10.2 Å². The Bertz CT molecular complexity index is 742. The smallest absolute Gasteiger partial charge is 0.225 e. The molecule has 5 nitrogen and oxygen atoms in total. The highest BCUT2D eigenvalue weighted by molar-refractivity contribution is 5.79. The number of piperidine rings is 1. The standard InChI is InChI=1S/C23H32N4O/c1-3-4-5-6-13-24-22(28)20-8-7-14-27(17-20)23-25-15-21(16-26-23)19-11-9-18(2)10-12-19/h9-12,15-16,20H,3-8,13-14,17H2,1-2H3,(H,24,28)/t20-/m0/s1. The molecular formula is C23H32N4O. The van der Waals surface area contributed by atoms with Crippen LogP contribution in [0, 0.1) is 12.8 Å². The third kappa shape index (κ3) is 5.54. The molecule has 1 aliphatic rings. The average molecular weight is 381 g/mol. The molecule has 1 aromatic carbocycles. The molecule has 28 heavy (non-hydrogen) atoms. The van der Waals surface area contributed by atoms with E-state index in [1.165, 1.54) is 24.8 Å². The summed E-state index contributed by atoms with van der Waals surface area (Å²) in [5.74, 6) is 0.925. The molecule has 150 valence electrons. The summed E-state index contributed by atoms with van der Waals surface area (Å²) in [5, 5.41) is 3.11. The van der Waals surface area contributed by atoms with Gasteiger partial charge >= 0.3 is 0 Å². The first-order valence-electron chi connectivity index (χ1n) is 10.6. The van der Waals surface area contributed by atoms with Crippen LogP contribution >= 0.6 is 0 Å². The molecule has 5 heteroatoms. The largest absolute Gasteiger partial charge is 0.356 e. The Labute approximate surface area is 168 Å². The van der Waals surface area contributed by atoms with E-state index in [-0.39, 0.29) is 11.8 Å². The molecule has 1 aliphatic heterocycles. The quantitative estimate of drug-likeness (QED) is 0.691. The van der Waals surface area contributed by atoms with E-state index in [4.69, 9.17) is 0 Å². The van der Waals surface area contributed by atoms with Gasteiger partial charge in [-0.15, -0.1) is 0 Å². The molecule has 1 saturated heterocycles. The van der Waals surface area contributed by atoms with Crippen molar-refractivity contribution in [3.05, 3.63) is 42.2 Å².